The number of hydrogen-bond donors (Lipinski definition) is 1. The topological polar surface area (TPSA) is 72.7 Å². The van der Waals surface area contributed by atoms with Gasteiger partial charge in [-0.3, -0.25) is 14.3 Å². The van der Waals surface area contributed by atoms with Crippen molar-refractivity contribution in [2.75, 3.05) is 6.54 Å². The second kappa shape index (κ2) is 11.1. The summed E-state index contributed by atoms with van der Waals surface area (Å²) in [5.41, 5.74) is 4.28. The van der Waals surface area contributed by atoms with Crippen molar-refractivity contribution in [3.63, 3.8) is 0 Å². The summed E-state index contributed by atoms with van der Waals surface area (Å²) < 4.78 is 2.05. The van der Waals surface area contributed by atoms with Gasteiger partial charge in [0.1, 0.15) is 0 Å². The quantitative estimate of drug-likeness (QED) is 0.336. The fraction of sp³-hybridized carbons (Fsp3) is 0.259. The second-order valence-electron chi connectivity index (χ2n) is 8.38. The molecule has 4 rings (SSSR count). The van der Waals surface area contributed by atoms with E-state index in [1.807, 2.05) is 54.0 Å². The van der Waals surface area contributed by atoms with Crippen LogP contribution in [-0.4, -0.2) is 37.5 Å². The molecule has 0 radical (unpaired) electrons. The highest BCUT2D eigenvalue weighted by atomic mass is 32.2. The van der Waals surface area contributed by atoms with Crippen molar-refractivity contribution in [2.45, 2.75) is 43.5 Å². The van der Waals surface area contributed by atoms with Gasteiger partial charge in [0.05, 0.1) is 10.9 Å². The number of nitrogens with zero attached hydrogens (tertiary/aromatic N) is 4. The molecule has 0 bridgehead atoms. The van der Waals surface area contributed by atoms with E-state index < -0.39 is 0 Å². The monoisotopic (exact) mass is 471 g/mol. The molecular weight excluding hydrogens is 442 g/mol. The van der Waals surface area contributed by atoms with E-state index in [0.29, 0.717) is 23.4 Å². The van der Waals surface area contributed by atoms with Gasteiger partial charge in [-0.25, -0.2) is 0 Å². The van der Waals surface area contributed by atoms with Crippen molar-refractivity contribution >= 4 is 17.7 Å². The number of rotatable bonds is 9. The number of benzene rings is 2. The number of hydrogen-bond acceptors (Lipinski definition) is 5. The standard InChI is InChI=1S/C27H29N5OS/c1-19(2)23-13-7-8-14-24(23)32-25(22-12-9-16-28-18-22)30-31-27(32)34-20(3)26(33)29-17-15-21-10-5-4-6-11-21/h4-14,16,18-20H,15,17H2,1-3H3,(H,29,33). The highest BCUT2D eigenvalue weighted by Crippen LogP contribution is 2.33. The van der Waals surface area contributed by atoms with Crippen LogP contribution in [0.15, 0.2) is 84.3 Å². The SMILES string of the molecule is CC(Sc1nnc(-c2cccnc2)n1-c1ccccc1C(C)C)C(=O)NCCc1ccccc1. The van der Waals surface area contributed by atoms with E-state index in [1.165, 1.54) is 22.9 Å². The lowest BCUT2D eigenvalue weighted by Crippen LogP contribution is -2.32. The van der Waals surface area contributed by atoms with Gasteiger partial charge >= 0.3 is 0 Å². The third-order valence-corrected chi connectivity index (χ3v) is 6.60. The minimum atomic E-state index is -0.327. The van der Waals surface area contributed by atoms with Crippen molar-refractivity contribution in [1.82, 2.24) is 25.1 Å². The molecule has 1 N–H and O–H groups in total. The van der Waals surface area contributed by atoms with Crippen LogP contribution in [0.3, 0.4) is 0 Å². The van der Waals surface area contributed by atoms with Crippen LogP contribution in [0.1, 0.15) is 37.8 Å². The molecule has 2 heterocycles. The van der Waals surface area contributed by atoms with Gasteiger partial charge in [-0.1, -0.05) is 74.1 Å². The molecule has 1 amide bonds. The maximum atomic E-state index is 12.8. The van der Waals surface area contributed by atoms with E-state index in [2.05, 4.69) is 58.6 Å². The molecule has 0 fully saturated rings. The molecule has 7 heteroatoms. The number of nitrogens with one attached hydrogen (secondary N) is 1. The number of carbonyl (C=O) groups excluding carboxylic acids is 1. The lowest BCUT2D eigenvalue weighted by atomic mass is 10.0. The first-order valence-corrected chi connectivity index (χ1v) is 12.4. The Kier molecular flexibility index (Phi) is 7.75. The predicted octanol–water partition coefficient (Wildman–Crippen LogP) is 5.29. The Hall–Kier alpha value is -3.45. The molecule has 0 aliphatic carbocycles. The van der Waals surface area contributed by atoms with Gasteiger partial charge < -0.3 is 5.32 Å². The van der Waals surface area contributed by atoms with Gasteiger partial charge in [-0.05, 0) is 48.6 Å². The van der Waals surface area contributed by atoms with Crippen LogP contribution in [0, 0.1) is 0 Å². The summed E-state index contributed by atoms with van der Waals surface area (Å²) in [6, 6.07) is 22.3. The minimum absolute atomic E-state index is 0.0180. The Labute approximate surface area is 204 Å². The fourth-order valence-corrected chi connectivity index (χ4v) is 4.64. The molecule has 0 aliphatic heterocycles. The highest BCUT2D eigenvalue weighted by molar-refractivity contribution is 8.00. The van der Waals surface area contributed by atoms with Crippen molar-refractivity contribution in [3.8, 4) is 17.1 Å². The van der Waals surface area contributed by atoms with Crippen LogP contribution >= 0.6 is 11.8 Å². The molecule has 0 saturated heterocycles. The van der Waals surface area contributed by atoms with Crippen molar-refractivity contribution in [3.05, 3.63) is 90.3 Å². The molecule has 1 atom stereocenters. The average Bonchev–Trinajstić information content (AvgIpc) is 3.28. The van der Waals surface area contributed by atoms with Gasteiger partial charge in [0.25, 0.3) is 0 Å². The number of aromatic nitrogens is 4. The summed E-state index contributed by atoms with van der Waals surface area (Å²) in [6.07, 6.45) is 4.32. The Bertz CT molecular complexity index is 1220. The normalized spacial score (nSPS) is 12.0. The molecule has 4 aromatic rings. The predicted molar refractivity (Wildman–Crippen MR) is 137 cm³/mol. The van der Waals surface area contributed by atoms with Gasteiger partial charge in [-0.2, -0.15) is 0 Å². The molecule has 0 aliphatic rings. The molecule has 1 unspecified atom stereocenters. The van der Waals surface area contributed by atoms with Crippen LogP contribution in [0.2, 0.25) is 0 Å². The van der Waals surface area contributed by atoms with Gasteiger partial charge in [0.15, 0.2) is 11.0 Å². The first kappa shape index (κ1) is 23.7. The number of carbonyl (C=O) groups is 1. The fourth-order valence-electron chi connectivity index (χ4n) is 3.75. The molecule has 34 heavy (non-hydrogen) atoms. The zero-order valence-electron chi connectivity index (χ0n) is 19.7. The highest BCUT2D eigenvalue weighted by Gasteiger charge is 2.23. The maximum absolute atomic E-state index is 12.8. The summed E-state index contributed by atoms with van der Waals surface area (Å²) >= 11 is 1.41. The van der Waals surface area contributed by atoms with Crippen LogP contribution in [0.4, 0.5) is 0 Å². The van der Waals surface area contributed by atoms with Crippen LogP contribution < -0.4 is 5.32 Å². The molecule has 174 valence electrons. The second-order valence-corrected chi connectivity index (χ2v) is 9.69. The zero-order chi connectivity index (χ0) is 23.9. The summed E-state index contributed by atoms with van der Waals surface area (Å²) in [5, 5.41) is 12.4. The number of thioether (sulfide) groups is 1. The third kappa shape index (κ3) is 5.54. The molecular formula is C27H29N5OS. The molecule has 0 spiro atoms. The van der Waals surface area contributed by atoms with E-state index >= 15 is 0 Å². The third-order valence-electron chi connectivity index (χ3n) is 5.56. The minimum Gasteiger partial charge on any atom is -0.355 e. The number of para-hydroxylation sites is 1. The first-order chi connectivity index (χ1) is 16.5. The van der Waals surface area contributed by atoms with Gasteiger partial charge in [-0.15, -0.1) is 10.2 Å². The Balaban J connectivity index is 1.58. The molecule has 2 aromatic heterocycles. The van der Waals surface area contributed by atoms with Crippen molar-refractivity contribution in [1.29, 1.82) is 0 Å². The average molecular weight is 472 g/mol. The molecule has 0 saturated carbocycles. The van der Waals surface area contributed by atoms with E-state index in [-0.39, 0.29) is 11.2 Å². The van der Waals surface area contributed by atoms with Gasteiger partial charge in [0.2, 0.25) is 5.91 Å². The van der Waals surface area contributed by atoms with Gasteiger partial charge in [0, 0.05) is 24.5 Å². The molecule has 2 aromatic carbocycles. The first-order valence-electron chi connectivity index (χ1n) is 11.5. The lowest BCUT2D eigenvalue weighted by Gasteiger charge is -2.18. The van der Waals surface area contributed by atoms with Crippen LogP contribution in [-0.2, 0) is 11.2 Å². The summed E-state index contributed by atoms with van der Waals surface area (Å²) in [4.78, 5) is 17.1. The van der Waals surface area contributed by atoms with Crippen LogP contribution in [0.25, 0.3) is 17.1 Å². The largest absolute Gasteiger partial charge is 0.355 e. The number of amides is 1. The smallest absolute Gasteiger partial charge is 0.233 e. The summed E-state index contributed by atoms with van der Waals surface area (Å²) in [7, 11) is 0. The Morgan fingerprint density at radius 2 is 1.74 bits per heavy atom. The summed E-state index contributed by atoms with van der Waals surface area (Å²) in [6.45, 7) is 6.84. The van der Waals surface area contributed by atoms with Crippen LogP contribution in [0.5, 0.6) is 0 Å². The molecule has 6 nitrogen and oxygen atoms in total. The maximum Gasteiger partial charge on any atom is 0.233 e. The van der Waals surface area contributed by atoms with E-state index in [9.17, 15) is 4.79 Å². The summed E-state index contributed by atoms with van der Waals surface area (Å²) in [5.74, 6) is 1.01. The Morgan fingerprint density at radius 3 is 2.47 bits per heavy atom. The lowest BCUT2D eigenvalue weighted by molar-refractivity contribution is -0.120. The Morgan fingerprint density at radius 1 is 0.971 bits per heavy atom. The van der Waals surface area contributed by atoms with E-state index in [4.69, 9.17) is 0 Å². The van der Waals surface area contributed by atoms with E-state index in [0.717, 1.165) is 17.7 Å². The van der Waals surface area contributed by atoms with E-state index in [1.54, 1.807) is 12.4 Å². The van der Waals surface area contributed by atoms with Crippen molar-refractivity contribution in [2.24, 2.45) is 0 Å². The van der Waals surface area contributed by atoms with Crippen molar-refractivity contribution < 1.29 is 4.79 Å². The zero-order valence-corrected chi connectivity index (χ0v) is 20.5. The number of pyridine rings is 1.